The fourth-order valence-corrected chi connectivity index (χ4v) is 3.64. The van der Waals surface area contributed by atoms with Gasteiger partial charge in [0.2, 0.25) is 0 Å². The second kappa shape index (κ2) is 5.93. The largest absolute Gasteiger partial charge is 0.398 e. The topological polar surface area (TPSA) is 96.0 Å². The zero-order valence-corrected chi connectivity index (χ0v) is 13.6. The molecule has 21 heavy (non-hydrogen) atoms. The Balaban J connectivity index is 2.43. The number of nitrogen functional groups attached to an aromatic ring is 1. The number of sulfonamides is 1. The summed E-state index contributed by atoms with van der Waals surface area (Å²) in [5, 5.41) is 8.89. The van der Waals surface area contributed by atoms with Crippen molar-refractivity contribution in [2.75, 3.05) is 10.5 Å². The highest BCUT2D eigenvalue weighted by molar-refractivity contribution is 9.10. The van der Waals surface area contributed by atoms with Crippen molar-refractivity contribution >= 4 is 48.9 Å². The molecule has 0 amide bonds. The number of rotatable bonds is 3. The number of nitrogens with one attached hydrogen (secondary N) is 1. The number of hydrogen-bond donors (Lipinski definition) is 2. The van der Waals surface area contributed by atoms with Crippen LogP contribution in [0.3, 0.4) is 0 Å². The Bertz CT molecular complexity index is 847. The molecule has 0 bridgehead atoms. The molecule has 0 aliphatic carbocycles. The first kappa shape index (κ1) is 15.6. The average Bonchev–Trinajstić information content (AvgIpc) is 2.43. The van der Waals surface area contributed by atoms with Gasteiger partial charge in [-0.25, -0.2) is 8.42 Å². The minimum atomic E-state index is -3.88. The van der Waals surface area contributed by atoms with Crippen LogP contribution in [0, 0.1) is 11.3 Å². The molecule has 0 fully saturated rings. The summed E-state index contributed by atoms with van der Waals surface area (Å²) in [6.07, 6.45) is 0. The molecule has 0 saturated carbocycles. The van der Waals surface area contributed by atoms with Gasteiger partial charge >= 0.3 is 0 Å². The SMILES string of the molecule is N#Cc1ccc(NS(=O)(=O)c2cc(Br)ccc2N)c(Cl)c1. The first-order chi connectivity index (χ1) is 9.83. The Labute approximate surface area is 135 Å². The Morgan fingerprint density at radius 1 is 1.24 bits per heavy atom. The van der Waals surface area contributed by atoms with Crippen LogP contribution in [0.4, 0.5) is 11.4 Å². The highest BCUT2D eigenvalue weighted by Crippen LogP contribution is 2.28. The average molecular weight is 387 g/mol. The number of hydrogen-bond acceptors (Lipinski definition) is 4. The summed E-state index contributed by atoms with van der Waals surface area (Å²) in [6.45, 7) is 0. The van der Waals surface area contributed by atoms with E-state index in [1.165, 1.54) is 30.3 Å². The number of nitriles is 1. The van der Waals surface area contributed by atoms with Crippen molar-refractivity contribution in [3.63, 3.8) is 0 Å². The van der Waals surface area contributed by atoms with Gasteiger partial charge < -0.3 is 5.73 Å². The minimum absolute atomic E-state index is 0.0581. The zero-order chi connectivity index (χ0) is 15.6. The number of halogens is 2. The summed E-state index contributed by atoms with van der Waals surface area (Å²) in [5.41, 5.74) is 6.33. The van der Waals surface area contributed by atoms with Gasteiger partial charge in [-0.15, -0.1) is 0 Å². The van der Waals surface area contributed by atoms with Crippen LogP contribution >= 0.6 is 27.5 Å². The molecule has 0 spiro atoms. The van der Waals surface area contributed by atoms with Crippen molar-refractivity contribution in [3.05, 3.63) is 51.5 Å². The predicted molar refractivity (Wildman–Crippen MR) is 85.5 cm³/mol. The van der Waals surface area contributed by atoms with Crippen molar-refractivity contribution in [1.82, 2.24) is 0 Å². The summed E-state index contributed by atoms with van der Waals surface area (Å²) < 4.78 is 27.6. The third-order valence-electron chi connectivity index (χ3n) is 2.61. The molecule has 108 valence electrons. The maximum absolute atomic E-state index is 12.3. The van der Waals surface area contributed by atoms with Crippen LogP contribution in [-0.4, -0.2) is 8.42 Å². The molecule has 0 saturated heterocycles. The Hall–Kier alpha value is -1.75. The summed E-state index contributed by atoms with van der Waals surface area (Å²) >= 11 is 9.15. The highest BCUT2D eigenvalue weighted by Gasteiger charge is 2.19. The zero-order valence-electron chi connectivity index (χ0n) is 10.5. The van der Waals surface area contributed by atoms with Crippen molar-refractivity contribution in [2.45, 2.75) is 4.90 Å². The van der Waals surface area contributed by atoms with E-state index in [1.54, 1.807) is 6.07 Å². The van der Waals surface area contributed by atoms with Crippen LogP contribution in [0.25, 0.3) is 0 Å². The Kier molecular flexibility index (Phi) is 4.42. The molecule has 2 aromatic carbocycles. The molecule has 2 rings (SSSR count). The van der Waals surface area contributed by atoms with Gasteiger partial charge in [0.05, 0.1) is 28.0 Å². The lowest BCUT2D eigenvalue weighted by molar-refractivity contribution is 0.601. The van der Waals surface area contributed by atoms with Crippen LogP contribution in [0.5, 0.6) is 0 Å². The van der Waals surface area contributed by atoms with Gasteiger partial charge in [0.15, 0.2) is 0 Å². The van der Waals surface area contributed by atoms with Gasteiger partial charge in [0, 0.05) is 4.47 Å². The maximum atomic E-state index is 12.3. The lowest BCUT2D eigenvalue weighted by Gasteiger charge is -2.11. The molecule has 0 radical (unpaired) electrons. The van der Waals surface area contributed by atoms with Gasteiger partial charge in [-0.3, -0.25) is 4.72 Å². The van der Waals surface area contributed by atoms with E-state index in [1.807, 2.05) is 6.07 Å². The molecule has 5 nitrogen and oxygen atoms in total. The summed E-state index contributed by atoms with van der Waals surface area (Å²) in [5.74, 6) is 0. The standard InChI is InChI=1S/C13H9BrClN3O2S/c14-9-2-3-11(17)13(6-9)21(19,20)18-12-4-1-8(7-16)5-10(12)15/h1-6,18H,17H2. The highest BCUT2D eigenvalue weighted by atomic mass is 79.9. The molecule has 3 N–H and O–H groups in total. The molecule has 8 heteroatoms. The molecule has 0 unspecified atom stereocenters. The van der Waals surface area contributed by atoms with E-state index in [0.717, 1.165) is 0 Å². The molecule has 0 heterocycles. The van der Waals surface area contributed by atoms with E-state index in [-0.39, 0.29) is 21.3 Å². The van der Waals surface area contributed by atoms with Crippen LogP contribution in [0.15, 0.2) is 45.8 Å². The number of nitrogens with two attached hydrogens (primary N) is 1. The Morgan fingerprint density at radius 3 is 2.57 bits per heavy atom. The van der Waals surface area contributed by atoms with E-state index in [2.05, 4.69) is 20.7 Å². The monoisotopic (exact) mass is 385 g/mol. The van der Waals surface area contributed by atoms with Crippen LogP contribution in [0.1, 0.15) is 5.56 Å². The number of nitrogens with zero attached hydrogens (tertiary/aromatic N) is 1. The summed E-state index contributed by atoms with van der Waals surface area (Å²) in [4.78, 5) is -0.0581. The third-order valence-corrected chi connectivity index (χ3v) is 4.83. The predicted octanol–water partition coefficient (Wildman–Crippen LogP) is 3.36. The van der Waals surface area contributed by atoms with Gasteiger partial charge in [-0.05, 0) is 36.4 Å². The van der Waals surface area contributed by atoms with Gasteiger partial charge in [-0.1, -0.05) is 27.5 Å². The molecular formula is C13H9BrClN3O2S. The third kappa shape index (κ3) is 3.47. The Morgan fingerprint density at radius 2 is 1.95 bits per heavy atom. The van der Waals surface area contributed by atoms with E-state index >= 15 is 0 Å². The van der Waals surface area contributed by atoms with Crippen molar-refractivity contribution in [2.24, 2.45) is 0 Å². The van der Waals surface area contributed by atoms with E-state index in [9.17, 15) is 8.42 Å². The van der Waals surface area contributed by atoms with Crippen molar-refractivity contribution in [3.8, 4) is 6.07 Å². The summed E-state index contributed by atoms with van der Waals surface area (Å²) in [6, 6.07) is 10.7. The fourth-order valence-electron chi connectivity index (χ4n) is 1.61. The number of anilines is 2. The lowest BCUT2D eigenvalue weighted by Crippen LogP contribution is -2.15. The fraction of sp³-hybridized carbons (Fsp3) is 0. The second-order valence-corrected chi connectivity index (χ2v) is 7.07. The van der Waals surface area contributed by atoms with Gasteiger partial charge in [0.1, 0.15) is 4.90 Å². The van der Waals surface area contributed by atoms with Crippen molar-refractivity contribution < 1.29 is 8.42 Å². The van der Waals surface area contributed by atoms with Crippen LogP contribution < -0.4 is 10.5 Å². The smallest absolute Gasteiger partial charge is 0.264 e. The van der Waals surface area contributed by atoms with E-state index in [0.29, 0.717) is 10.0 Å². The molecule has 2 aromatic rings. The normalized spacial score (nSPS) is 10.9. The molecule has 0 aliphatic heterocycles. The van der Waals surface area contributed by atoms with E-state index < -0.39 is 10.0 Å². The quantitative estimate of drug-likeness (QED) is 0.791. The lowest BCUT2D eigenvalue weighted by atomic mass is 10.2. The minimum Gasteiger partial charge on any atom is -0.398 e. The molecular weight excluding hydrogens is 378 g/mol. The summed E-state index contributed by atoms with van der Waals surface area (Å²) in [7, 11) is -3.88. The van der Waals surface area contributed by atoms with Crippen LogP contribution in [0.2, 0.25) is 5.02 Å². The molecule has 0 aromatic heterocycles. The molecule has 0 atom stereocenters. The van der Waals surface area contributed by atoms with E-state index in [4.69, 9.17) is 22.6 Å². The maximum Gasteiger partial charge on any atom is 0.264 e. The van der Waals surface area contributed by atoms with Crippen LogP contribution in [-0.2, 0) is 10.0 Å². The first-order valence-electron chi connectivity index (χ1n) is 5.61. The first-order valence-corrected chi connectivity index (χ1v) is 8.26. The van der Waals surface area contributed by atoms with Crippen molar-refractivity contribution in [1.29, 1.82) is 5.26 Å². The number of benzene rings is 2. The van der Waals surface area contributed by atoms with Gasteiger partial charge in [0.25, 0.3) is 10.0 Å². The molecule has 0 aliphatic rings. The van der Waals surface area contributed by atoms with Gasteiger partial charge in [-0.2, -0.15) is 5.26 Å². The second-order valence-electron chi connectivity index (χ2n) is 4.09.